The quantitative estimate of drug-likeness (QED) is 0.663. The molecule has 0 saturated heterocycles. The molecule has 1 aliphatic rings. The molecule has 1 heteroatoms. The van der Waals surface area contributed by atoms with Crippen molar-refractivity contribution in [1.29, 1.82) is 0 Å². The average molecular weight is 288 g/mol. The number of methoxy groups -OCH3 is 1. The van der Waals surface area contributed by atoms with Gasteiger partial charge in [-0.25, -0.2) is 0 Å². The fourth-order valence-corrected chi connectivity index (χ4v) is 3.00. The second-order valence-electron chi connectivity index (χ2n) is 5.43. The van der Waals surface area contributed by atoms with E-state index >= 15 is 0 Å². The van der Waals surface area contributed by atoms with E-state index in [0.717, 1.165) is 17.7 Å². The molecule has 0 saturated carbocycles. The van der Waals surface area contributed by atoms with Crippen LogP contribution in [0.25, 0.3) is 12.2 Å². The van der Waals surface area contributed by atoms with Gasteiger partial charge in [-0.15, -0.1) is 6.58 Å². The van der Waals surface area contributed by atoms with Crippen molar-refractivity contribution in [3.63, 3.8) is 0 Å². The van der Waals surface area contributed by atoms with Crippen molar-refractivity contribution in [3.05, 3.63) is 89.5 Å². The Morgan fingerprint density at radius 1 is 1.05 bits per heavy atom. The molecule has 0 bridgehead atoms. The zero-order valence-electron chi connectivity index (χ0n) is 12.8. The topological polar surface area (TPSA) is 9.23 Å². The normalized spacial score (nSPS) is 16.4. The summed E-state index contributed by atoms with van der Waals surface area (Å²) < 4.78 is 5.41. The Morgan fingerprint density at radius 2 is 1.82 bits per heavy atom. The van der Waals surface area contributed by atoms with Gasteiger partial charge in [-0.3, -0.25) is 0 Å². The fraction of sp³-hybridized carbons (Fsp3) is 0.143. The number of ether oxygens (including phenoxy) is 1. The van der Waals surface area contributed by atoms with Crippen molar-refractivity contribution in [2.75, 3.05) is 7.11 Å². The standard InChI is InChI=1S/C21H20O/c1-3-8-19-18(15-17-10-4-6-11-20(17)19)14-13-16-9-5-7-12-21(16)22-2/h3-7,9-15,19H,1,8H2,2H3/b14-13+. The van der Waals surface area contributed by atoms with E-state index < -0.39 is 0 Å². The van der Waals surface area contributed by atoms with Crippen molar-refractivity contribution >= 4 is 12.2 Å². The van der Waals surface area contributed by atoms with E-state index in [1.54, 1.807) is 7.11 Å². The zero-order valence-corrected chi connectivity index (χ0v) is 12.8. The minimum absolute atomic E-state index is 0.402. The molecule has 1 unspecified atom stereocenters. The smallest absolute Gasteiger partial charge is 0.126 e. The summed E-state index contributed by atoms with van der Waals surface area (Å²) in [5.74, 6) is 1.30. The predicted octanol–water partition coefficient (Wildman–Crippen LogP) is 5.47. The van der Waals surface area contributed by atoms with Crippen LogP contribution in [0.15, 0.2) is 72.8 Å². The molecule has 1 nitrogen and oxygen atoms in total. The predicted molar refractivity (Wildman–Crippen MR) is 94.0 cm³/mol. The zero-order chi connectivity index (χ0) is 15.4. The summed E-state index contributed by atoms with van der Waals surface area (Å²) in [6.07, 6.45) is 9.56. The molecule has 0 fully saturated rings. The number of allylic oxidation sites excluding steroid dienone is 3. The number of benzene rings is 2. The Bertz CT molecular complexity index is 737. The Morgan fingerprint density at radius 3 is 2.64 bits per heavy atom. The summed E-state index contributed by atoms with van der Waals surface area (Å²) in [7, 11) is 1.71. The van der Waals surface area contributed by atoms with Crippen LogP contribution in [-0.4, -0.2) is 7.11 Å². The van der Waals surface area contributed by atoms with Crippen LogP contribution in [-0.2, 0) is 0 Å². The van der Waals surface area contributed by atoms with Gasteiger partial charge in [0.15, 0.2) is 0 Å². The molecule has 0 heterocycles. The molecule has 0 amide bonds. The van der Waals surface area contributed by atoms with Crippen LogP contribution in [0.1, 0.15) is 29.0 Å². The summed E-state index contributed by atoms with van der Waals surface area (Å²) in [5.41, 5.74) is 5.13. The lowest BCUT2D eigenvalue weighted by Crippen LogP contribution is -1.95. The minimum Gasteiger partial charge on any atom is -0.496 e. The summed E-state index contributed by atoms with van der Waals surface area (Å²) >= 11 is 0. The fourth-order valence-electron chi connectivity index (χ4n) is 3.00. The van der Waals surface area contributed by atoms with Gasteiger partial charge in [0.25, 0.3) is 0 Å². The van der Waals surface area contributed by atoms with Gasteiger partial charge in [0.05, 0.1) is 7.11 Å². The molecule has 2 aromatic carbocycles. The van der Waals surface area contributed by atoms with E-state index in [2.05, 4.69) is 55.1 Å². The third-order valence-corrected chi connectivity index (χ3v) is 4.09. The van der Waals surface area contributed by atoms with Crippen molar-refractivity contribution in [2.24, 2.45) is 0 Å². The van der Waals surface area contributed by atoms with Crippen LogP contribution < -0.4 is 4.74 Å². The van der Waals surface area contributed by atoms with Gasteiger partial charge < -0.3 is 4.74 Å². The van der Waals surface area contributed by atoms with Crippen LogP contribution in [0.3, 0.4) is 0 Å². The highest BCUT2D eigenvalue weighted by Gasteiger charge is 2.21. The second kappa shape index (κ2) is 6.48. The van der Waals surface area contributed by atoms with Gasteiger partial charge in [0.2, 0.25) is 0 Å². The second-order valence-corrected chi connectivity index (χ2v) is 5.43. The van der Waals surface area contributed by atoms with Crippen LogP contribution in [0, 0.1) is 0 Å². The third-order valence-electron chi connectivity index (χ3n) is 4.09. The van der Waals surface area contributed by atoms with Gasteiger partial charge in [-0.2, -0.15) is 0 Å². The first-order valence-corrected chi connectivity index (χ1v) is 7.56. The lowest BCUT2D eigenvalue weighted by Gasteiger charge is -2.12. The Kier molecular flexibility index (Phi) is 4.24. The molecule has 110 valence electrons. The van der Waals surface area contributed by atoms with E-state index in [4.69, 9.17) is 4.74 Å². The van der Waals surface area contributed by atoms with Gasteiger partial charge in [-0.1, -0.05) is 66.8 Å². The van der Waals surface area contributed by atoms with Crippen LogP contribution >= 0.6 is 0 Å². The largest absolute Gasteiger partial charge is 0.496 e. The van der Waals surface area contributed by atoms with E-state index in [9.17, 15) is 0 Å². The summed E-state index contributed by atoms with van der Waals surface area (Å²) in [6, 6.07) is 16.7. The van der Waals surface area contributed by atoms with Crippen molar-refractivity contribution in [3.8, 4) is 5.75 Å². The molecule has 0 aromatic heterocycles. The maximum absolute atomic E-state index is 5.41. The van der Waals surface area contributed by atoms with E-state index in [1.807, 2.05) is 24.3 Å². The molecule has 3 rings (SSSR count). The molecule has 0 aliphatic heterocycles. The molecular weight excluding hydrogens is 268 g/mol. The van der Waals surface area contributed by atoms with Gasteiger partial charge in [0.1, 0.15) is 5.75 Å². The van der Waals surface area contributed by atoms with Crippen molar-refractivity contribution in [2.45, 2.75) is 12.3 Å². The highest BCUT2D eigenvalue weighted by atomic mass is 16.5. The lowest BCUT2D eigenvalue weighted by molar-refractivity contribution is 0.414. The summed E-state index contributed by atoms with van der Waals surface area (Å²) in [5, 5.41) is 0. The molecule has 0 N–H and O–H groups in total. The average Bonchev–Trinajstić information content (AvgIpc) is 2.91. The molecule has 1 aliphatic carbocycles. The molecule has 2 aromatic rings. The lowest BCUT2D eigenvalue weighted by atomic mass is 9.92. The number of hydrogen-bond acceptors (Lipinski definition) is 1. The summed E-state index contributed by atoms with van der Waals surface area (Å²) in [6.45, 7) is 3.91. The van der Waals surface area contributed by atoms with E-state index in [-0.39, 0.29) is 0 Å². The van der Waals surface area contributed by atoms with Crippen molar-refractivity contribution < 1.29 is 4.74 Å². The minimum atomic E-state index is 0.402. The number of hydrogen-bond donors (Lipinski definition) is 0. The Labute approximate surface area is 132 Å². The first-order chi connectivity index (χ1) is 10.8. The number of fused-ring (bicyclic) bond motifs is 1. The van der Waals surface area contributed by atoms with E-state index in [0.29, 0.717) is 5.92 Å². The van der Waals surface area contributed by atoms with Crippen LogP contribution in [0.5, 0.6) is 5.75 Å². The Balaban J connectivity index is 1.91. The van der Waals surface area contributed by atoms with Gasteiger partial charge in [0, 0.05) is 11.5 Å². The highest BCUT2D eigenvalue weighted by Crippen LogP contribution is 2.39. The monoisotopic (exact) mass is 288 g/mol. The van der Waals surface area contributed by atoms with Gasteiger partial charge in [-0.05, 0) is 29.2 Å². The first kappa shape index (κ1) is 14.4. The first-order valence-electron chi connectivity index (χ1n) is 7.56. The molecular formula is C21H20O. The van der Waals surface area contributed by atoms with E-state index in [1.165, 1.54) is 16.7 Å². The third kappa shape index (κ3) is 2.75. The molecule has 0 spiro atoms. The van der Waals surface area contributed by atoms with Crippen LogP contribution in [0.2, 0.25) is 0 Å². The highest BCUT2D eigenvalue weighted by molar-refractivity contribution is 5.72. The van der Waals surface area contributed by atoms with Crippen molar-refractivity contribution in [1.82, 2.24) is 0 Å². The SMILES string of the molecule is C=CCC1C(/C=C/c2ccccc2OC)=Cc2ccccc21. The maximum atomic E-state index is 5.41. The molecule has 0 radical (unpaired) electrons. The molecule has 22 heavy (non-hydrogen) atoms. The Hall–Kier alpha value is -2.54. The maximum Gasteiger partial charge on any atom is 0.126 e. The summed E-state index contributed by atoms with van der Waals surface area (Å²) in [4.78, 5) is 0. The number of rotatable bonds is 5. The number of para-hydroxylation sites is 1. The van der Waals surface area contributed by atoms with Gasteiger partial charge >= 0.3 is 0 Å². The van der Waals surface area contributed by atoms with Crippen LogP contribution in [0.4, 0.5) is 0 Å². The molecule has 1 atom stereocenters.